The van der Waals surface area contributed by atoms with Gasteiger partial charge in [0.05, 0.1) is 18.7 Å². The fraction of sp³-hybridized carbons (Fsp3) is 0.304. The predicted molar refractivity (Wildman–Crippen MR) is 111 cm³/mol. The van der Waals surface area contributed by atoms with Crippen LogP contribution < -0.4 is 5.32 Å². The molecule has 0 aromatic heterocycles. The van der Waals surface area contributed by atoms with Crippen molar-refractivity contribution in [2.24, 2.45) is 0 Å². The summed E-state index contributed by atoms with van der Waals surface area (Å²) in [5.74, 6) is -1.19. The number of rotatable bonds is 6. The summed E-state index contributed by atoms with van der Waals surface area (Å²) in [7, 11) is 0. The lowest BCUT2D eigenvalue weighted by atomic mass is 10.1. The smallest absolute Gasteiger partial charge is 0.339 e. The molecule has 2 heterocycles. The lowest BCUT2D eigenvalue weighted by Crippen LogP contribution is -2.35. The van der Waals surface area contributed by atoms with E-state index in [1.165, 1.54) is 0 Å². The maximum atomic E-state index is 13.0. The van der Waals surface area contributed by atoms with Crippen molar-refractivity contribution in [1.29, 1.82) is 0 Å². The van der Waals surface area contributed by atoms with Crippen LogP contribution in [0.25, 0.3) is 0 Å². The zero-order chi connectivity index (χ0) is 21.8. The second kappa shape index (κ2) is 8.99. The van der Waals surface area contributed by atoms with Crippen LogP contribution in [0.4, 0.5) is 4.79 Å². The number of benzene rings is 2. The van der Waals surface area contributed by atoms with E-state index in [9.17, 15) is 19.2 Å². The molecule has 1 N–H and O–H groups in total. The van der Waals surface area contributed by atoms with Gasteiger partial charge in [0.25, 0.3) is 5.91 Å². The molecule has 4 amide bonds. The standard InChI is InChI=1S/C23H23N3O5/c27-19-14-24-23(30)26(19)15-16-7-6-10-18(13-16)22(29)31-20(17-8-2-1-3-9-17)21(28)25-11-4-5-12-25/h1-3,6-10,13,20H,4-5,11-12,14-15H2,(H,24,30)/t20-/m0/s1. The molecule has 2 aliphatic heterocycles. The summed E-state index contributed by atoms with van der Waals surface area (Å²) in [4.78, 5) is 52.4. The van der Waals surface area contributed by atoms with Crippen LogP contribution in [0.2, 0.25) is 0 Å². The Morgan fingerprint density at radius 2 is 1.74 bits per heavy atom. The first-order valence-electron chi connectivity index (χ1n) is 10.2. The number of hydrogen-bond donors (Lipinski definition) is 1. The fourth-order valence-corrected chi connectivity index (χ4v) is 3.76. The maximum Gasteiger partial charge on any atom is 0.339 e. The van der Waals surface area contributed by atoms with E-state index >= 15 is 0 Å². The van der Waals surface area contributed by atoms with Gasteiger partial charge < -0.3 is 15.0 Å². The normalized spacial score (nSPS) is 16.9. The van der Waals surface area contributed by atoms with Crippen LogP contribution in [0.3, 0.4) is 0 Å². The minimum Gasteiger partial charge on any atom is -0.444 e. The van der Waals surface area contributed by atoms with Crippen molar-refractivity contribution >= 4 is 23.8 Å². The van der Waals surface area contributed by atoms with Crippen LogP contribution in [-0.4, -0.2) is 53.2 Å². The van der Waals surface area contributed by atoms with E-state index in [0.29, 0.717) is 24.2 Å². The molecule has 8 heteroatoms. The average Bonchev–Trinajstić information content (AvgIpc) is 3.44. The molecule has 0 aliphatic carbocycles. The van der Waals surface area contributed by atoms with Crippen LogP contribution in [-0.2, 0) is 20.9 Å². The molecule has 2 aliphatic rings. The van der Waals surface area contributed by atoms with Crippen molar-refractivity contribution in [1.82, 2.24) is 15.1 Å². The Hall–Kier alpha value is -3.68. The first-order valence-corrected chi connectivity index (χ1v) is 10.2. The van der Waals surface area contributed by atoms with Gasteiger partial charge in [0.15, 0.2) is 0 Å². The Morgan fingerprint density at radius 3 is 2.42 bits per heavy atom. The minimum atomic E-state index is -1.03. The molecule has 0 radical (unpaired) electrons. The molecular weight excluding hydrogens is 398 g/mol. The summed E-state index contributed by atoms with van der Waals surface area (Å²) in [6, 6.07) is 15.0. The van der Waals surface area contributed by atoms with Crippen molar-refractivity contribution in [3.05, 3.63) is 71.3 Å². The highest BCUT2D eigenvalue weighted by atomic mass is 16.5. The van der Waals surface area contributed by atoms with Crippen molar-refractivity contribution in [2.45, 2.75) is 25.5 Å². The maximum absolute atomic E-state index is 13.0. The van der Waals surface area contributed by atoms with Crippen molar-refractivity contribution in [2.75, 3.05) is 19.6 Å². The molecule has 0 saturated carbocycles. The van der Waals surface area contributed by atoms with E-state index in [4.69, 9.17) is 4.74 Å². The number of esters is 1. The van der Waals surface area contributed by atoms with Gasteiger partial charge in [0.2, 0.25) is 12.0 Å². The zero-order valence-electron chi connectivity index (χ0n) is 17.0. The number of imide groups is 1. The van der Waals surface area contributed by atoms with Crippen LogP contribution >= 0.6 is 0 Å². The number of nitrogens with one attached hydrogen (secondary N) is 1. The molecule has 1 atom stereocenters. The third-order valence-corrected chi connectivity index (χ3v) is 5.41. The van der Waals surface area contributed by atoms with Gasteiger partial charge in [0.1, 0.15) is 0 Å². The molecular formula is C23H23N3O5. The highest BCUT2D eigenvalue weighted by Gasteiger charge is 2.32. The van der Waals surface area contributed by atoms with Gasteiger partial charge in [-0.05, 0) is 30.5 Å². The Labute approximate surface area is 179 Å². The zero-order valence-corrected chi connectivity index (χ0v) is 17.0. The van der Waals surface area contributed by atoms with Gasteiger partial charge >= 0.3 is 12.0 Å². The summed E-state index contributed by atoms with van der Waals surface area (Å²) >= 11 is 0. The quantitative estimate of drug-likeness (QED) is 0.570. The minimum absolute atomic E-state index is 0.0298. The first-order chi connectivity index (χ1) is 15.0. The molecule has 2 aromatic rings. The number of ether oxygens (including phenoxy) is 1. The summed E-state index contributed by atoms with van der Waals surface area (Å²) in [6.07, 6.45) is 0.847. The molecule has 0 unspecified atom stereocenters. The number of amides is 4. The number of likely N-dealkylation sites (tertiary alicyclic amines) is 1. The van der Waals surface area contributed by atoms with Crippen LogP contribution in [0, 0.1) is 0 Å². The van der Waals surface area contributed by atoms with Gasteiger partial charge in [-0.2, -0.15) is 0 Å². The molecule has 0 bridgehead atoms. The Kier molecular flexibility index (Phi) is 5.97. The van der Waals surface area contributed by atoms with Gasteiger partial charge in [-0.15, -0.1) is 0 Å². The molecule has 4 rings (SSSR count). The number of carbonyl (C=O) groups excluding carboxylic acids is 4. The molecule has 2 aromatic carbocycles. The Bertz CT molecular complexity index is 985. The van der Waals surface area contributed by atoms with Crippen LogP contribution in [0.1, 0.15) is 40.4 Å². The monoisotopic (exact) mass is 421 g/mol. The van der Waals surface area contributed by atoms with Gasteiger partial charge in [-0.1, -0.05) is 42.5 Å². The van der Waals surface area contributed by atoms with Crippen molar-refractivity contribution < 1.29 is 23.9 Å². The Morgan fingerprint density at radius 1 is 1.00 bits per heavy atom. The average molecular weight is 421 g/mol. The van der Waals surface area contributed by atoms with Gasteiger partial charge in [-0.3, -0.25) is 14.5 Å². The summed E-state index contributed by atoms with van der Waals surface area (Å²) < 4.78 is 5.67. The largest absolute Gasteiger partial charge is 0.444 e. The predicted octanol–water partition coefficient (Wildman–Crippen LogP) is 2.26. The Balaban J connectivity index is 1.52. The van der Waals surface area contributed by atoms with Crippen molar-refractivity contribution in [3.63, 3.8) is 0 Å². The number of urea groups is 1. The third-order valence-electron chi connectivity index (χ3n) is 5.41. The van der Waals surface area contributed by atoms with Crippen molar-refractivity contribution in [3.8, 4) is 0 Å². The highest BCUT2D eigenvalue weighted by molar-refractivity contribution is 6.02. The SMILES string of the molecule is O=C(O[C@H](C(=O)N1CCCC1)c1ccccc1)c1cccc(CN2C(=O)CNC2=O)c1. The van der Waals surface area contributed by atoms with Crippen LogP contribution in [0.15, 0.2) is 54.6 Å². The van der Waals surface area contributed by atoms with E-state index < -0.39 is 18.1 Å². The molecule has 2 saturated heterocycles. The first kappa shape index (κ1) is 20.6. The molecule has 8 nitrogen and oxygen atoms in total. The van der Waals surface area contributed by atoms with E-state index in [2.05, 4.69) is 5.32 Å². The number of hydrogen-bond acceptors (Lipinski definition) is 5. The van der Waals surface area contributed by atoms with Crippen LogP contribution in [0.5, 0.6) is 0 Å². The highest BCUT2D eigenvalue weighted by Crippen LogP contribution is 2.24. The summed E-state index contributed by atoms with van der Waals surface area (Å²) in [5.41, 5.74) is 1.48. The summed E-state index contributed by atoms with van der Waals surface area (Å²) in [6.45, 7) is 1.33. The fourth-order valence-electron chi connectivity index (χ4n) is 3.76. The number of carbonyl (C=O) groups is 4. The van der Waals surface area contributed by atoms with Gasteiger partial charge in [-0.25, -0.2) is 9.59 Å². The van der Waals surface area contributed by atoms with E-state index in [-0.39, 0.29) is 30.5 Å². The molecule has 31 heavy (non-hydrogen) atoms. The molecule has 0 spiro atoms. The number of nitrogens with zero attached hydrogens (tertiary/aromatic N) is 2. The van der Waals surface area contributed by atoms with E-state index in [1.807, 2.05) is 6.07 Å². The second-order valence-corrected chi connectivity index (χ2v) is 7.57. The lowest BCUT2D eigenvalue weighted by Gasteiger charge is -2.23. The van der Waals surface area contributed by atoms with E-state index in [1.54, 1.807) is 53.4 Å². The van der Waals surface area contributed by atoms with Gasteiger partial charge in [0, 0.05) is 18.7 Å². The third kappa shape index (κ3) is 4.58. The molecule has 160 valence electrons. The summed E-state index contributed by atoms with van der Waals surface area (Å²) in [5, 5.41) is 2.46. The molecule has 2 fully saturated rings. The topological polar surface area (TPSA) is 96.0 Å². The second-order valence-electron chi connectivity index (χ2n) is 7.57. The van der Waals surface area contributed by atoms with E-state index in [0.717, 1.165) is 17.7 Å². The lowest BCUT2D eigenvalue weighted by molar-refractivity contribution is -0.140.